The lowest BCUT2D eigenvalue weighted by Gasteiger charge is -2.33. The summed E-state index contributed by atoms with van der Waals surface area (Å²) in [6.45, 7) is 1.47. The molecule has 1 unspecified atom stereocenters. The number of ether oxygens (including phenoxy) is 2. The minimum atomic E-state index is -0.475. The van der Waals surface area contributed by atoms with Crippen molar-refractivity contribution < 1.29 is 19.1 Å². The maximum absolute atomic E-state index is 12.6. The standard InChI is InChI=1S/C18H18N2O4/c1-23-18(22)14-7-8-15(19-11-14)17(21)20-9-10-24-16(12-20)13-5-3-2-4-6-13/h2-8,11,16H,9-10,12H2,1H3. The molecule has 1 aliphatic rings. The van der Waals surface area contributed by atoms with Gasteiger partial charge in [0, 0.05) is 12.7 Å². The van der Waals surface area contributed by atoms with Gasteiger partial charge in [0.2, 0.25) is 0 Å². The second-order valence-corrected chi connectivity index (χ2v) is 5.44. The van der Waals surface area contributed by atoms with Gasteiger partial charge in [-0.05, 0) is 17.7 Å². The third kappa shape index (κ3) is 3.44. The summed E-state index contributed by atoms with van der Waals surface area (Å²) in [5.74, 6) is -0.646. The first-order valence-electron chi connectivity index (χ1n) is 7.69. The van der Waals surface area contributed by atoms with Gasteiger partial charge in [-0.3, -0.25) is 9.78 Å². The summed E-state index contributed by atoms with van der Waals surface area (Å²) in [6, 6.07) is 12.9. The highest BCUT2D eigenvalue weighted by Gasteiger charge is 2.26. The van der Waals surface area contributed by atoms with E-state index in [4.69, 9.17) is 4.74 Å². The van der Waals surface area contributed by atoms with Gasteiger partial charge >= 0.3 is 5.97 Å². The van der Waals surface area contributed by atoms with E-state index in [2.05, 4.69) is 9.72 Å². The second-order valence-electron chi connectivity index (χ2n) is 5.44. The molecule has 0 bridgehead atoms. The Bertz CT molecular complexity index is 716. The molecule has 0 saturated carbocycles. The zero-order valence-electron chi connectivity index (χ0n) is 13.3. The molecular weight excluding hydrogens is 308 g/mol. The van der Waals surface area contributed by atoms with Crippen molar-refractivity contribution in [1.82, 2.24) is 9.88 Å². The second kappa shape index (κ2) is 7.23. The Morgan fingerprint density at radius 3 is 2.67 bits per heavy atom. The largest absolute Gasteiger partial charge is 0.465 e. The molecule has 1 fully saturated rings. The molecule has 1 aromatic heterocycles. The molecule has 1 amide bonds. The summed E-state index contributed by atoms with van der Waals surface area (Å²) in [7, 11) is 1.30. The van der Waals surface area contributed by atoms with E-state index in [-0.39, 0.29) is 12.0 Å². The van der Waals surface area contributed by atoms with Crippen LogP contribution in [-0.2, 0) is 9.47 Å². The predicted molar refractivity (Wildman–Crippen MR) is 86.6 cm³/mol. The Morgan fingerprint density at radius 2 is 2.00 bits per heavy atom. The van der Waals surface area contributed by atoms with Crippen LogP contribution in [0, 0.1) is 0 Å². The molecule has 0 N–H and O–H groups in total. The fourth-order valence-electron chi connectivity index (χ4n) is 2.62. The first-order valence-corrected chi connectivity index (χ1v) is 7.69. The van der Waals surface area contributed by atoms with Crippen molar-refractivity contribution in [2.45, 2.75) is 6.10 Å². The number of aromatic nitrogens is 1. The number of amides is 1. The molecule has 3 rings (SSSR count). The fraction of sp³-hybridized carbons (Fsp3) is 0.278. The van der Waals surface area contributed by atoms with Crippen LogP contribution in [-0.4, -0.2) is 48.6 Å². The topological polar surface area (TPSA) is 68.7 Å². The van der Waals surface area contributed by atoms with Gasteiger partial charge in [0.1, 0.15) is 11.8 Å². The van der Waals surface area contributed by atoms with Crippen molar-refractivity contribution in [1.29, 1.82) is 0 Å². The number of esters is 1. The number of hydrogen-bond acceptors (Lipinski definition) is 5. The van der Waals surface area contributed by atoms with Gasteiger partial charge in [-0.25, -0.2) is 4.79 Å². The zero-order valence-corrected chi connectivity index (χ0v) is 13.3. The third-order valence-electron chi connectivity index (χ3n) is 3.93. The molecular formula is C18H18N2O4. The van der Waals surface area contributed by atoms with Crippen LogP contribution in [0.1, 0.15) is 32.5 Å². The highest BCUT2D eigenvalue weighted by molar-refractivity contribution is 5.94. The van der Waals surface area contributed by atoms with Crippen molar-refractivity contribution in [3.05, 3.63) is 65.5 Å². The Morgan fingerprint density at radius 1 is 1.21 bits per heavy atom. The molecule has 1 saturated heterocycles. The minimum Gasteiger partial charge on any atom is -0.465 e. The molecule has 6 heteroatoms. The van der Waals surface area contributed by atoms with Crippen LogP contribution < -0.4 is 0 Å². The molecule has 0 spiro atoms. The van der Waals surface area contributed by atoms with E-state index in [0.29, 0.717) is 31.0 Å². The molecule has 1 atom stereocenters. The molecule has 0 radical (unpaired) electrons. The lowest BCUT2D eigenvalue weighted by atomic mass is 10.1. The quantitative estimate of drug-likeness (QED) is 0.808. The summed E-state index contributed by atoms with van der Waals surface area (Å²) in [5, 5.41) is 0. The van der Waals surface area contributed by atoms with Crippen molar-refractivity contribution in [2.24, 2.45) is 0 Å². The maximum Gasteiger partial charge on any atom is 0.339 e. The van der Waals surface area contributed by atoms with Crippen molar-refractivity contribution in [3.8, 4) is 0 Å². The first-order chi connectivity index (χ1) is 11.7. The molecule has 2 heterocycles. The first kappa shape index (κ1) is 16.1. The fourth-order valence-corrected chi connectivity index (χ4v) is 2.62. The van der Waals surface area contributed by atoms with Crippen LogP contribution in [0.15, 0.2) is 48.7 Å². The maximum atomic E-state index is 12.6. The average molecular weight is 326 g/mol. The number of rotatable bonds is 3. The van der Waals surface area contributed by atoms with E-state index < -0.39 is 5.97 Å². The third-order valence-corrected chi connectivity index (χ3v) is 3.93. The lowest BCUT2D eigenvalue weighted by Crippen LogP contribution is -2.42. The zero-order chi connectivity index (χ0) is 16.9. The summed E-state index contributed by atoms with van der Waals surface area (Å²) < 4.78 is 10.4. The van der Waals surface area contributed by atoms with Crippen LogP contribution in [0.5, 0.6) is 0 Å². The van der Waals surface area contributed by atoms with E-state index in [1.807, 2.05) is 30.3 Å². The van der Waals surface area contributed by atoms with Gasteiger partial charge in [-0.2, -0.15) is 0 Å². The van der Waals surface area contributed by atoms with Gasteiger partial charge in [0.25, 0.3) is 5.91 Å². The van der Waals surface area contributed by atoms with Crippen LogP contribution in [0.4, 0.5) is 0 Å². The van der Waals surface area contributed by atoms with Gasteiger partial charge in [-0.1, -0.05) is 30.3 Å². The normalized spacial score (nSPS) is 17.4. The number of morpholine rings is 1. The molecule has 1 aliphatic heterocycles. The summed E-state index contributed by atoms with van der Waals surface area (Å²) in [5.41, 5.74) is 1.67. The summed E-state index contributed by atoms with van der Waals surface area (Å²) in [6.07, 6.45) is 1.21. The molecule has 6 nitrogen and oxygen atoms in total. The number of hydrogen-bond donors (Lipinski definition) is 0. The van der Waals surface area contributed by atoms with Gasteiger partial charge < -0.3 is 14.4 Å². The highest BCUT2D eigenvalue weighted by Crippen LogP contribution is 2.22. The van der Waals surface area contributed by atoms with Gasteiger partial charge in [0.15, 0.2) is 0 Å². The van der Waals surface area contributed by atoms with E-state index in [1.54, 1.807) is 17.0 Å². The van der Waals surface area contributed by atoms with E-state index in [9.17, 15) is 9.59 Å². The van der Waals surface area contributed by atoms with E-state index in [1.165, 1.54) is 13.3 Å². The lowest BCUT2D eigenvalue weighted by molar-refractivity contribution is -0.0230. The van der Waals surface area contributed by atoms with Crippen LogP contribution in [0.25, 0.3) is 0 Å². The highest BCUT2D eigenvalue weighted by atomic mass is 16.5. The van der Waals surface area contributed by atoms with Crippen LogP contribution >= 0.6 is 0 Å². The van der Waals surface area contributed by atoms with Crippen LogP contribution in [0.2, 0.25) is 0 Å². The molecule has 1 aromatic carbocycles. The van der Waals surface area contributed by atoms with Crippen molar-refractivity contribution in [2.75, 3.05) is 26.8 Å². The van der Waals surface area contributed by atoms with Crippen LogP contribution in [0.3, 0.4) is 0 Å². The Kier molecular flexibility index (Phi) is 4.86. The van der Waals surface area contributed by atoms with E-state index in [0.717, 1.165) is 5.56 Å². The molecule has 124 valence electrons. The Hall–Kier alpha value is -2.73. The van der Waals surface area contributed by atoms with Gasteiger partial charge in [-0.15, -0.1) is 0 Å². The van der Waals surface area contributed by atoms with E-state index >= 15 is 0 Å². The number of carbonyl (C=O) groups is 2. The summed E-state index contributed by atoms with van der Waals surface area (Å²) in [4.78, 5) is 29.9. The predicted octanol–water partition coefficient (Wildman–Crippen LogP) is 2.08. The Labute approximate surface area is 140 Å². The monoisotopic (exact) mass is 326 g/mol. The Balaban J connectivity index is 1.71. The molecule has 0 aliphatic carbocycles. The molecule has 2 aromatic rings. The van der Waals surface area contributed by atoms with Crippen molar-refractivity contribution >= 4 is 11.9 Å². The number of benzene rings is 1. The SMILES string of the molecule is COC(=O)c1ccc(C(=O)N2CCOC(c3ccccc3)C2)nc1. The smallest absolute Gasteiger partial charge is 0.339 e. The molecule has 24 heavy (non-hydrogen) atoms. The number of methoxy groups -OCH3 is 1. The van der Waals surface area contributed by atoms with Gasteiger partial charge in [0.05, 0.1) is 25.8 Å². The average Bonchev–Trinajstić information content (AvgIpc) is 2.67. The summed E-state index contributed by atoms with van der Waals surface area (Å²) >= 11 is 0. The number of carbonyl (C=O) groups excluding carboxylic acids is 2. The minimum absolute atomic E-state index is 0.141. The number of nitrogens with zero attached hydrogens (tertiary/aromatic N) is 2. The van der Waals surface area contributed by atoms with Crippen molar-refractivity contribution in [3.63, 3.8) is 0 Å². The number of pyridine rings is 1.